The van der Waals surface area contributed by atoms with Gasteiger partial charge < -0.3 is 14.4 Å². The van der Waals surface area contributed by atoms with Crippen molar-refractivity contribution in [2.75, 3.05) is 19.8 Å². The summed E-state index contributed by atoms with van der Waals surface area (Å²) in [6, 6.07) is 3.16. The number of esters is 1. The standard InChI is InChI=1S/C25H28F3N3O6/c1-3-36-22(33)19-14-30(18-9-7-17(8-10-18)29-11-12-37-24(29)35)23(34)31(21(19)32)13-16-5-4-6-20(15(16)2)25(26,27)28/h4-6,14,17-18H,3,7-13H2,1-2H3. The highest BCUT2D eigenvalue weighted by Crippen LogP contribution is 2.33. The van der Waals surface area contributed by atoms with Crippen molar-refractivity contribution in [3.63, 3.8) is 0 Å². The number of hydrogen-bond donors (Lipinski definition) is 0. The number of cyclic esters (lactones) is 1. The number of amides is 1. The number of hydrogen-bond acceptors (Lipinski definition) is 6. The topological polar surface area (TPSA) is 99.8 Å². The summed E-state index contributed by atoms with van der Waals surface area (Å²) < 4.78 is 52.4. The Morgan fingerprint density at radius 1 is 1.11 bits per heavy atom. The number of halogens is 3. The molecule has 1 saturated carbocycles. The molecule has 2 heterocycles. The minimum absolute atomic E-state index is 0.00117. The highest BCUT2D eigenvalue weighted by atomic mass is 19.4. The van der Waals surface area contributed by atoms with E-state index >= 15 is 0 Å². The summed E-state index contributed by atoms with van der Waals surface area (Å²) in [7, 11) is 0. The van der Waals surface area contributed by atoms with Crippen LogP contribution >= 0.6 is 0 Å². The van der Waals surface area contributed by atoms with E-state index in [0.29, 0.717) is 38.8 Å². The molecule has 1 saturated heterocycles. The van der Waals surface area contributed by atoms with Crippen molar-refractivity contribution in [2.45, 2.75) is 64.3 Å². The van der Waals surface area contributed by atoms with Crippen LogP contribution in [0.3, 0.4) is 0 Å². The second-order valence-corrected chi connectivity index (χ2v) is 9.20. The Hall–Kier alpha value is -3.57. The first kappa shape index (κ1) is 26.5. The van der Waals surface area contributed by atoms with Gasteiger partial charge in [-0.1, -0.05) is 12.1 Å². The van der Waals surface area contributed by atoms with Gasteiger partial charge >= 0.3 is 23.9 Å². The first-order valence-electron chi connectivity index (χ1n) is 12.1. The maximum Gasteiger partial charge on any atom is 0.416 e. The van der Waals surface area contributed by atoms with E-state index in [1.807, 2.05) is 0 Å². The Balaban J connectivity index is 1.71. The Kier molecular flexibility index (Phi) is 7.47. The fraction of sp³-hybridized carbons (Fsp3) is 0.520. The minimum atomic E-state index is -4.60. The molecule has 12 heteroatoms. The number of ether oxygens (including phenoxy) is 2. The summed E-state index contributed by atoms with van der Waals surface area (Å²) in [5, 5.41) is 0. The molecular formula is C25H28F3N3O6. The highest BCUT2D eigenvalue weighted by molar-refractivity contribution is 5.88. The average Bonchev–Trinajstić information content (AvgIpc) is 3.28. The molecule has 2 aromatic rings. The van der Waals surface area contributed by atoms with Crippen molar-refractivity contribution in [2.24, 2.45) is 0 Å². The third-order valence-electron chi connectivity index (χ3n) is 7.06. The fourth-order valence-electron chi connectivity index (χ4n) is 5.09. The van der Waals surface area contributed by atoms with Gasteiger partial charge in [0.1, 0.15) is 12.2 Å². The van der Waals surface area contributed by atoms with E-state index in [9.17, 15) is 32.3 Å². The smallest absolute Gasteiger partial charge is 0.416 e. The summed E-state index contributed by atoms with van der Waals surface area (Å²) in [5.74, 6) is -0.913. The van der Waals surface area contributed by atoms with Crippen LogP contribution in [0.25, 0.3) is 0 Å². The molecule has 1 aromatic carbocycles. The maximum atomic E-state index is 13.5. The molecule has 0 unspecified atom stereocenters. The molecule has 0 N–H and O–H groups in total. The van der Waals surface area contributed by atoms with Gasteiger partial charge in [0.05, 0.1) is 25.3 Å². The van der Waals surface area contributed by atoms with E-state index in [4.69, 9.17) is 9.47 Å². The second kappa shape index (κ2) is 10.4. The van der Waals surface area contributed by atoms with Crippen LogP contribution in [0, 0.1) is 6.92 Å². The quantitative estimate of drug-likeness (QED) is 0.538. The van der Waals surface area contributed by atoms with E-state index in [0.717, 1.165) is 10.6 Å². The predicted molar refractivity (Wildman–Crippen MR) is 126 cm³/mol. The molecule has 0 spiro atoms. The van der Waals surface area contributed by atoms with Gasteiger partial charge in [0.25, 0.3) is 5.56 Å². The lowest BCUT2D eigenvalue weighted by Gasteiger charge is -2.34. The molecule has 1 aliphatic carbocycles. The second-order valence-electron chi connectivity index (χ2n) is 9.20. The Morgan fingerprint density at radius 2 is 1.78 bits per heavy atom. The van der Waals surface area contributed by atoms with E-state index in [1.54, 1.807) is 11.8 Å². The van der Waals surface area contributed by atoms with Gasteiger partial charge in [-0.05, 0) is 56.7 Å². The number of carbonyl (C=O) groups is 2. The van der Waals surface area contributed by atoms with Crippen LogP contribution in [0.5, 0.6) is 0 Å². The van der Waals surface area contributed by atoms with Crippen LogP contribution in [0.2, 0.25) is 0 Å². The monoisotopic (exact) mass is 523 g/mol. The zero-order valence-electron chi connectivity index (χ0n) is 20.5. The number of nitrogens with zero attached hydrogens (tertiary/aromatic N) is 3. The number of carbonyl (C=O) groups excluding carboxylic acids is 2. The van der Waals surface area contributed by atoms with E-state index in [-0.39, 0.29) is 41.5 Å². The maximum absolute atomic E-state index is 13.5. The number of aromatic nitrogens is 2. The molecule has 2 fully saturated rings. The van der Waals surface area contributed by atoms with Crippen LogP contribution in [-0.2, 0) is 22.2 Å². The molecule has 1 amide bonds. The van der Waals surface area contributed by atoms with Crippen molar-refractivity contribution >= 4 is 12.1 Å². The molecule has 200 valence electrons. The van der Waals surface area contributed by atoms with Crippen LogP contribution in [0.1, 0.15) is 65.7 Å². The zero-order chi connectivity index (χ0) is 26.9. The summed E-state index contributed by atoms with van der Waals surface area (Å²) in [6.45, 7) is 3.25. The molecule has 37 heavy (non-hydrogen) atoms. The van der Waals surface area contributed by atoms with Crippen molar-refractivity contribution in [1.29, 1.82) is 0 Å². The van der Waals surface area contributed by atoms with Crippen LogP contribution in [-0.4, -0.2) is 51.9 Å². The first-order chi connectivity index (χ1) is 17.5. The van der Waals surface area contributed by atoms with E-state index in [2.05, 4.69) is 0 Å². The third kappa shape index (κ3) is 5.28. The average molecular weight is 524 g/mol. The van der Waals surface area contributed by atoms with Gasteiger partial charge in [0.2, 0.25) is 0 Å². The SMILES string of the molecule is CCOC(=O)c1cn(C2CCC(N3CCOC3=O)CC2)c(=O)n(Cc2cccc(C(F)(F)F)c2C)c1=O. The van der Waals surface area contributed by atoms with Crippen LogP contribution < -0.4 is 11.2 Å². The van der Waals surface area contributed by atoms with Gasteiger partial charge in [-0.15, -0.1) is 0 Å². The predicted octanol–water partition coefficient (Wildman–Crippen LogP) is 3.50. The molecule has 4 rings (SSSR count). The molecule has 1 aliphatic heterocycles. The molecule has 2 aliphatic rings. The molecular weight excluding hydrogens is 495 g/mol. The normalized spacial score (nSPS) is 20.1. The third-order valence-corrected chi connectivity index (χ3v) is 7.06. The van der Waals surface area contributed by atoms with Crippen molar-refractivity contribution in [3.8, 4) is 0 Å². The van der Waals surface area contributed by atoms with Gasteiger partial charge in [-0.3, -0.25) is 13.9 Å². The van der Waals surface area contributed by atoms with Crippen molar-refractivity contribution < 1.29 is 32.2 Å². The highest BCUT2D eigenvalue weighted by Gasteiger charge is 2.35. The van der Waals surface area contributed by atoms with Gasteiger partial charge in [0, 0.05) is 18.3 Å². The fourth-order valence-corrected chi connectivity index (χ4v) is 5.09. The molecule has 0 radical (unpaired) electrons. The van der Waals surface area contributed by atoms with Crippen molar-refractivity contribution in [3.05, 3.63) is 67.5 Å². The van der Waals surface area contributed by atoms with Crippen LogP contribution in [0.4, 0.5) is 18.0 Å². The van der Waals surface area contributed by atoms with Crippen LogP contribution in [0.15, 0.2) is 34.0 Å². The molecule has 0 atom stereocenters. The summed E-state index contributed by atoms with van der Waals surface area (Å²) in [6.07, 6.45) is -1.60. The van der Waals surface area contributed by atoms with Crippen molar-refractivity contribution in [1.82, 2.24) is 14.0 Å². The number of benzene rings is 1. The number of rotatable bonds is 6. The first-order valence-corrected chi connectivity index (χ1v) is 12.1. The largest absolute Gasteiger partial charge is 0.462 e. The molecule has 1 aromatic heterocycles. The molecule has 9 nitrogen and oxygen atoms in total. The zero-order valence-corrected chi connectivity index (χ0v) is 20.5. The van der Waals surface area contributed by atoms with Gasteiger partial charge in [-0.2, -0.15) is 13.2 Å². The Labute approximate surface area is 210 Å². The van der Waals surface area contributed by atoms with Gasteiger partial charge in [0.15, 0.2) is 0 Å². The number of alkyl halides is 3. The molecule has 0 bridgehead atoms. The van der Waals surface area contributed by atoms with Gasteiger partial charge in [-0.25, -0.2) is 14.4 Å². The van der Waals surface area contributed by atoms with E-state index < -0.39 is 35.5 Å². The summed E-state index contributed by atoms with van der Waals surface area (Å²) in [4.78, 5) is 52.8. The lowest BCUT2D eigenvalue weighted by molar-refractivity contribution is -0.138. The lowest BCUT2D eigenvalue weighted by atomic mass is 9.90. The minimum Gasteiger partial charge on any atom is -0.462 e. The lowest BCUT2D eigenvalue weighted by Crippen LogP contribution is -2.45. The summed E-state index contributed by atoms with van der Waals surface area (Å²) in [5.41, 5.74) is -2.84. The van der Waals surface area contributed by atoms with E-state index in [1.165, 1.54) is 29.8 Å². The Morgan fingerprint density at radius 3 is 2.38 bits per heavy atom. The summed E-state index contributed by atoms with van der Waals surface area (Å²) >= 11 is 0. The Bertz CT molecular complexity index is 1310.